The zero-order valence-electron chi connectivity index (χ0n) is 21.3. The van der Waals surface area contributed by atoms with Crippen molar-refractivity contribution in [3.8, 4) is 5.75 Å². The van der Waals surface area contributed by atoms with Gasteiger partial charge in [-0.05, 0) is 74.6 Å². The monoisotopic (exact) mass is 503 g/mol. The highest BCUT2D eigenvalue weighted by molar-refractivity contribution is 7.90. The Kier molecular flexibility index (Phi) is 7.24. The predicted molar refractivity (Wildman–Crippen MR) is 133 cm³/mol. The number of carbonyl (C=O) groups excluding carboxylic acids is 1. The van der Waals surface area contributed by atoms with E-state index in [9.17, 15) is 13.2 Å². The molecule has 2 atom stereocenters. The fraction of sp³-hybridized carbons (Fsp3) is 0.640. The third-order valence-electron chi connectivity index (χ3n) is 7.11. The van der Waals surface area contributed by atoms with Gasteiger partial charge in [0.2, 0.25) is 5.91 Å². The number of rotatable bonds is 9. The van der Waals surface area contributed by atoms with Gasteiger partial charge in [0, 0.05) is 18.1 Å². The van der Waals surface area contributed by atoms with Gasteiger partial charge in [-0.1, -0.05) is 19.1 Å². The largest absolute Gasteiger partial charge is 0.497 e. The zero-order chi connectivity index (χ0) is 25.4. The molecular weight excluding hydrogens is 466 g/mol. The molecule has 10 heteroatoms. The summed E-state index contributed by atoms with van der Waals surface area (Å²) in [6, 6.07) is 4.71. The van der Waals surface area contributed by atoms with Gasteiger partial charge in [-0.2, -0.15) is 0 Å². The molecule has 4 rings (SSSR count). The van der Waals surface area contributed by atoms with Gasteiger partial charge < -0.3 is 15.4 Å². The smallest absolute Gasteiger partial charge is 0.242 e. The summed E-state index contributed by atoms with van der Waals surface area (Å²) in [5.74, 6) is 0.192. The van der Waals surface area contributed by atoms with E-state index in [1.807, 2.05) is 0 Å². The van der Waals surface area contributed by atoms with Crippen LogP contribution in [0.4, 0.5) is 0 Å². The fourth-order valence-electron chi connectivity index (χ4n) is 5.29. The molecule has 1 amide bonds. The van der Waals surface area contributed by atoms with Crippen molar-refractivity contribution in [3.05, 3.63) is 35.2 Å². The standard InChI is InChI=1S/C25H37N5O4S/c1-16-10-21(34-5)11-17(2)24(16)35(32,33)15-20-13-30(29-28-20)14-23(31)27-22-9-8-19(12-25(22,3)4)26-18-6-7-18/h10-11,13,18-19,22,26H,6-9,12,14-15H2,1-5H3,(H,27,31). The normalized spacial score (nSPS) is 22.1. The van der Waals surface area contributed by atoms with Gasteiger partial charge >= 0.3 is 0 Å². The van der Waals surface area contributed by atoms with E-state index in [4.69, 9.17) is 4.74 Å². The van der Waals surface area contributed by atoms with Gasteiger partial charge in [-0.25, -0.2) is 13.1 Å². The van der Waals surface area contributed by atoms with E-state index in [0.29, 0.717) is 34.7 Å². The van der Waals surface area contributed by atoms with Crippen LogP contribution in [0.15, 0.2) is 23.2 Å². The topological polar surface area (TPSA) is 115 Å². The summed E-state index contributed by atoms with van der Waals surface area (Å²) in [4.78, 5) is 13.0. The van der Waals surface area contributed by atoms with Crippen molar-refractivity contribution in [2.24, 2.45) is 5.41 Å². The Labute approximate surface area is 207 Å². The molecule has 0 spiro atoms. The van der Waals surface area contributed by atoms with Gasteiger partial charge in [0.25, 0.3) is 0 Å². The molecule has 2 saturated carbocycles. The molecule has 1 heterocycles. The average Bonchev–Trinajstić information content (AvgIpc) is 3.46. The van der Waals surface area contributed by atoms with Crippen molar-refractivity contribution in [2.75, 3.05) is 7.11 Å². The van der Waals surface area contributed by atoms with Crippen molar-refractivity contribution >= 4 is 15.7 Å². The molecular formula is C25H37N5O4S. The zero-order valence-corrected chi connectivity index (χ0v) is 22.1. The quantitative estimate of drug-likeness (QED) is 0.541. The van der Waals surface area contributed by atoms with Crippen molar-refractivity contribution < 1.29 is 17.9 Å². The van der Waals surface area contributed by atoms with Crippen LogP contribution >= 0.6 is 0 Å². The maximum absolute atomic E-state index is 13.1. The second-order valence-corrected chi connectivity index (χ2v) is 12.7. The molecule has 0 saturated heterocycles. The first-order valence-corrected chi connectivity index (χ1v) is 13.9. The summed E-state index contributed by atoms with van der Waals surface area (Å²) in [5, 5.41) is 14.9. The molecule has 2 aromatic rings. The van der Waals surface area contributed by atoms with E-state index < -0.39 is 9.84 Å². The van der Waals surface area contributed by atoms with Gasteiger partial charge in [-0.15, -0.1) is 5.10 Å². The second-order valence-electron chi connectivity index (χ2n) is 10.8. The summed E-state index contributed by atoms with van der Waals surface area (Å²) in [6.45, 7) is 7.92. The number of sulfone groups is 1. The minimum absolute atomic E-state index is 0.00381. The summed E-state index contributed by atoms with van der Waals surface area (Å²) < 4.78 is 32.8. The lowest BCUT2D eigenvalue weighted by molar-refractivity contribution is -0.123. The lowest BCUT2D eigenvalue weighted by Crippen LogP contribution is -2.52. The van der Waals surface area contributed by atoms with Crippen molar-refractivity contribution in [1.82, 2.24) is 25.6 Å². The Morgan fingerprint density at radius 2 is 1.80 bits per heavy atom. The van der Waals surface area contributed by atoms with Crippen LogP contribution in [-0.4, -0.2) is 54.6 Å². The first-order chi connectivity index (χ1) is 16.5. The molecule has 192 valence electrons. The van der Waals surface area contributed by atoms with Crippen molar-refractivity contribution in [1.29, 1.82) is 0 Å². The maximum Gasteiger partial charge on any atom is 0.242 e. The highest BCUT2D eigenvalue weighted by Gasteiger charge is 2.39. The minimum atomic E-state index is -3.64. The number of ether oxygens (including phenoxy) is 1. The molecule has 2 unspecified atom stereocenters. The number of aryl methyl sites for hydroxylation is 2. The minimum Gasteiger partial charge on any atom is -0.497 e. The summed E-state index contributed by atoms with van der Waals surface area (Å²) in [5.41, 5.74) is 1.55. The summed E-state index contributed by atoms with van der Waals surface area (Å²) in [6.07, 6.45) is 7.11. The lowest BCUT2D eigenvalue weighted by atomic mass is 9.71. The number of hydrogen-bond acceptors (Lipinski definition) is 7. The number of aromatic nitrogens is 3. The molecule has 2 fully saturated rings. The van der Waals surface area contributed by atoms with Crippen LogP contribution in [-0.2, 0) is 26.9 Å². The van der Waals surface area contributed by atoms with Crippen molar-refractivity contribution in [2.45, 2.75) is 95.1 Å². The highest BCUT2D eigenvalue weighted by Crippen LogP contribution is 2.37. The van der Waals surface area contributed by atoms with Crippen LogP contribution in [0.1, 0.15) is 62.8 Å². The Hall–Kier alpha value is -2.46. The predicted octanol–water partition coefficient (Wildman–Crippen LogP) is 2.69. The Bertz CT molecular complexity index is 1160. The average molecular weight is 504 g/mol. The molecule has 35 heavy (non-hydrogen) atoms. The number of benzene rings is 1. The number of hydrogen-bond donors (Lipinski definition) is 2. The van der Waals surface area contributed by atoms with E-state index in [0.717, 1.165) is 19.3 Å². The van der Waals surface area contributed by atoms with Crippen LogP contribution in [0.25, 0.3) is 0 Å². The summed E-state index contributed by atoms with van der Waals surface area (Å²) >= 11 is 0. The fourth-order valence-corrected chi connectivity index (χ4v) is 7.05. The first kappa shape index (κ1) is 25.6. The highest BCUT2D eigenvalue weighted by atomic mass is 32.2. The van der Waals surface area contributed by atoms with Crippen LogP contribution in [0, 0.1) is 19.3 Å². The van der Waals surface area contributed by atoms with Crippen LogP contribution < -0.4 is 15.4 Å². The molecule has 1 aromatic heterocycles. The molecule has 9 nitrogen and oxygen atoms in total. The van der Waals surface area contributed by atoms with Crippen molar-refractivity contribution in [3.63, 3.8) is 0 Å². The van der Waals surface area contributed by atoms with E-state index >= 15 is 0 Å². The maximum atomic E-state index is 13.1. The van der Waals surface area contributed by atoms with Gasteiger partial charge in [0.05, 0.1) is 23.9 Å². The van der Waals surface area contributed by atoms with Gasteiger partial charge in [0.15, 0.2) is 9.84 Å². The van der Waals surface area contributed by atoms with E-state index in [1.54, 1.807) is 33.1 Å². The molecule has 0 bridgehead atoms. The number of carbonyl (C=O) groups is 1. The Morgan fingerprint density at radius 3 is 2.40 bits per heavy atom. The molecule has 2 aliphatic carbocycles. The Morgan fingerprint density at radius 1 is 1.14 bits per heavy atom. The molecule has 1 aromatic carbocycles. The molecule has 0 aliphatic heterocycles. The van der Waals surface area contributed by atoms with Crippen LogP contribution in [0.5, 0.6) is 5.75 Å². The number of amides is 1. The second kappa shape index (κ2) is 9.89. The van der Waals surface area contributed by atoms with E-state index in [-0.39, 0.29) is 34.6 Å². The molecule has 2 aliphatic rings. The van der Waals surface area contributed by atoms with E-state index in [2.05, 4.69) is 34.8 Å². The van der Waals surface area contributed by atoms with Gasteiger partial charge in [0.1, 0.15) is 18.0 Å². The molecule has 0 radical (unpaired) electrons. The van der Waals surface area contributed by atoms with Crippen LogP contribution in [0.3, 0.4) is 0 Å². The third kappa shape index (κ3) is 6.22. The third-order valence-corrected chi connectivity index (χ3v) is 9.06. The number of methoxy groups -OCH3 is 1. The number of nitrogens with zero attached hydrogens (tertiary/aromatic N) is 3. The molecule has 2 N–H and O–H groups in total. The van der Waals surface area contributed by atoms with Gasteiger partial charge in [-0.3, -0.25) is 4.79 Å². The van der Waals surface area contributed by atoms with Crippen LogP contribution in [0.2, 0.25) is 0 Å². The lowest BCUT2D eigenvalue weighted by Gasteiger charge is -2.43. The first-order valence-electron chi connectivity index (χ1n) is 12.3. The Balaban J connectivity index is 1.35. The SMILES string of the molecule is COc1cc(C)c(S(=O)(=O)Cc2cn(CC(=O)NC3CCC(NC4CC4)CC3(C)C)nn2)c(C)c1. The number of nitrogens with one attached hydrogen (secondary N) is 2. The van der Waals surface area contributed by atoms with E-state index in [1.165, 1.54) is 23.7 Å². The summed E-state index contributed by atoms with van der Waals surface area (Å²) in [7, 11) is -2.09.